The Balaban J connectivity index is 1.51. The lowest BCUT2D eigenvalue weighted by Crippen LogP contribution is -2.39. The van der Waals surface area contributed by atoms with Gasteiger partial charge in [-0.05, 0) is 32.8 Å². The fourth-order valence-corrected chi connectivity index (χ4v) is 3.78. The van der Waals surface area contributed by atoms with Crippen LogP contribution in [0.15, 0.2) is 35.4 Å². The van der Waals surface area contributed by atoms with Crippen molar-refractivity contribution in [2.24, 2.45) is 7.05 Å². The summed E-state index contributed by atoms with van der Waals surface area (Å²) >= 11 is 0. The summed E-state index contributed by atoms with van der Waals surface area (Å²) in [6.45, 7) is 5.28. The molecule has 1 amide bonds. The first kappa shape index (κ1) is 17.5. The van der Waals surface area contributed by atoms with Gasteiger partial charge < -0.3 is 14.0 Å². The lowest BCUT2D eigenvalue weighted by Gasteiger charge is -2.32. The zero-order valence-electron chi connectivity index (χ0n) is 15.8. The van der Waals surface area contributed by atoms with Crippen LogP contribution >= 0.6 is 0 Å². The molecule has 0 aromatic carbocycles. The maximum Gasteiger partial charge on any atom is 0.274 e. The van der Waals surface area contributed by atoms with Gasteiger partial charge in [-0.1, -0.05) is 11.2 Å². The molecule has 0 aliphatic carbocycles. The molecule has 140 valence electrons. The molecule has 0 spiro atoms. The second-order valence-electron chi connectivity index (χ2n) is 7.19. The van der Waals surface area contributed by atoms with Crippen LogP contribution in [0.3, 0.4) is 0 Å². The number of amides is 1. The summed E-state index contributed by atoms with van der Waals surface area (Å²) in [4.78, 5) is 23.4. The minimum Gasteiger partial charge on any atom is -0.361 e. The molecule has 0 unspecified atom stereocenters. The van der Waals surface area contributed by atoms with E-state index in [1.54, 1.807) is 17.1 Å². The van der Waals surface area contributed by atoms with Crippen molar-refractivity contribution in [3.63, 3.8) is 0 Å². The number of aromatic nitrogens is 4. The minimum absolute atomic E-state index is 0.00681. The summed E-state index contributed by atoms with van der Waals surface area (Å²) in [6.07, 6.45) is 7.30. The Bertz CT molecular complexity index is 938. The first-order valence-corrected chi connectivity index (χ1v) is 9.19. The van der Waals surface area contributed by atoms with Gasteiger partial charge in [0.05, 0.1) is 12.0 Å². The van der Waals surface area contributed by atoms with Gasteiger partial charge in [0.1, 0.15) is 11.5 Å². The van der Waals surface area contributed by atoms with E-state index in [9.17, 15) is 4.79 Å². The predicted molar refractivity (Wildman–Crippen MR) is 100 cm³/mol. The summed E-state index contributed by atoms with van der Waals surface area (Å²) in [5.74, 6) is 1.03. The van der Waals surface area contributed by atoms with E-state index in [0.29, 0.717) is 12.2 Å². The Hall–Kier alpha value is -2.96. The molecule has 1 saturated heterocycles. The van der Waals surface area contributed by atoms with Crippen molar-refractivity contribution in [1.82, 2.24) is 24.6 Å². The van der Waals surface area contributed by atoms with Gasteiger partial charge in [-0.3, -0.25) is 9.78 Å². The molecule has 3 aromatic heterocycles. The zero-order valence-corrected chi connectivity index (χ0v) is 15.8. The normalized spacial score (nSPS) is 17.3. The molecule has 0 N–H and O–H groups in total. The number of piperidine rings is 1. The SMILES string of the molecule is Cc1noc(C)c1-c1ccc([C@H]2CCCN(C(=O)c3cn(C)cn3)C2)nc1. The average molecular weight is 365 g/mol. The number of likely N-dealkylation sites (tertiary alicyclic amines) is 1. The summed E-state index contributed by atoms with van der Waals surface area (Å²) in [7, 11) is 1.87. The van der Waals surface area contributed by atoms with E-state index in [4.69, 9.17) is 4.52 Å². The molecule has 4 rings (SSSR count). The standard InChI is InChI=1S/C20H23N5O2/c1-13-19(14(2)27-23-13)15-6-7-17(21-9-15)16-5-4-8-25(10-16)20(26)18-11-24(3)12-22-18/h6-7,9,11-12,16H,4-5,8,10H2,1-3H3/t16-/m0/s1. The van der Waals surface area contributed by atoms with Gasteiger partial charge >= 0.3 is 0 Å². The van der Waals surface area contributed by atoms with Gasteiger partial charge in [0, 0.05) is 55.3 Å². The third kappa shape index (κ3) is 3.37. The van der Waals surface area contributed by atoms with Crippen LogP contribution < -0.4 is 0 Å². The molecule has 0 saturated carbocycles. The van der Waals surface area contributed by atoms with E-state index in [2.05, 4.69) is 27.3 Å². The molecular formula is C20H23N5O2. The van der Waals surface area contributed by atoms with Gasteiger partial charge in [0.2, 0.25) is 0 Å². The largest absolute Gasteiger partial charge is 0.361 e. The molecule has 1 atom stereocenters. The summed E-state index contributed by atoms with van der Waals surface area (Å²) in [5.41, 5.74) is 4.40. The molecule has 1 aliphatic rings. The second-order valence-corrected chi connectivity index (χ2v) is 7.19. The number of rotatable bonds is 3. The van der Waals surface area contributed by atoms with Crippen molar-refractivity contribution in [3.05, 3.63) is 53.7 Å². The van der Waals surface area contributed by atoms with Gasteiger partial charge in [-0.2, -0.15) is 0 Å². The molecule has 0 radical (unpaired) electrons. The Morgan fingerprint density at radius 2 is 2.11 bits per heavy atom. The lowest BCUT2D eigenvalue weighted by atomic mass is 9.93. The van der Waals surface area contributed by atoms with Crippen LogP contribution in [-0.2, 0) is 7.05 Å². The van der Waals surface area contributed by atoms with E-state index < -0.39 is 0 Å². The third-order valence-electron chi connectivity index (χ3n) is 5.16. The molecule has 4 heterocycles. The topological polar surface area (TPSA) is 77.0 Å². The highest BCUT2D eigenvalue weighted by molar-refractivity contribution is 5.92. The van der Waals surface area contributed by atoms with E-state index in [1.165, 1.54) is 0 Å². The monoisotopic (exact) mass is 365 g/mol. The van der Waals surface area contributed by atoms with Gasteiger partial charge in [-0.15, -0.1) is 0 Å². The number of nitrogens with zero attached hydrogens (tertiary/aromatic N) is 5. The van der Waals surface area contributed by atoms with Gasteiger partial charge in [0.15, 0.2) is 0 Å². The van der Waals surface area contributed by atoms with Crippen molar-refractivity contribution in [2.45, 2.75) is 32.6 Å². The highest BCUT2D eigenvalue weighted by Crippen LogP contribution is 2.30. The van der Waals surface area contributed by atoms with Gasteiger partial charge in [0.25, 0.3) is 5.91 Å². The molecule has 1 fully saturated rings. The van der Waals surface area contributed by atoms with E-state index in [-0.39, 0.29) is 11.8 Å². The second kappa shape index (κ2) is 6.98. The first-order valence-electron chi connectivity index (χ1n) is 9.19. The fraction of sp³-hybridized carbons (Fsp3) is 0.400. The number of carbonyl (C=O) groups excluding carboxylic acids is 1. The van der Waals surface area contributed by atoms with E-state index >= 15 is 0 Å². The minimum atomic E-state index is -0.00681. The molecule has 0 bridgehead atoms. The van der Waals surface area contributed by atoms with Crippen LogP contribution in [0.25, 0.3) is 11.1 Å². The zero-order chi connectivity index (χ0) is 19.0. The number of hydrogen-bond donors (Lipinski definition) is 0. The van der Waals surface area contributed by atoms with Crippen LogP contribution in [0.2, 0.25) is 0 Å². The van der Waals surface area contributed by atoms with E-state index in [1.807, 2.05) is 32.0 Å². The van der Waals surface area contributed by atoms with E-state index in [0.717, 1.165) is 47.7 Å². The average Bonchev–Trinajstić information content (AvgIpc) is 3.27. The number of carbonyl (C=O) groups is 1. The number of pyridine rings is 1. The Morgan fingerprint density at radius 1 is 1.26 bits per heavy atom. The Morgan fingerprint density at radius 3 is 2.74 bits per heavy atom. The van der Waals surface area contributed by atoms with Crippen molar-refractivity contribution >= 4 is 5.91 Å². The maximum absolute atomic E-state index is 12.7. The molecule has 27 heavy (non-hydrogen) atoms. The van der Waals surface area contributed by atoms with Crippen molar-refractivity contribution in [1.29, 1.82) is 0 Å². The smallest absolute Gasteiger partial charge is 0.274 e. The highest BCUT2D eigenvalue weighted by atomic mass is 16.5. The highest BCUT2D eigenvalue weighted by Gasteiger charge is 2.27. The molecule has 3 aromatic rings. The van der Waals surface area contributed by atoms with Crippen LogP contribution in [0.4, 0.5) is 0 Å². The van der Waals surface area contributed by atoms with Crippen LogP contribution in [-0.4, -0.2) is 43.6 Å². The summed E-state index contributed by atoms with van der Waals surface area (Å²) in [5, 5.41) is 4.01. The predicted octanol–water partition coefficient (Wildman–Crippen LogP) is 3.11. The first-order chi connectivity index (χ1) is 13.0. The number of hydrogen-bond acceptors (Lipinski definition) is 5. The summed E-state index contributed by atoms with van der Waals surface area (Å²) < 4.78 is 7.05. The van der Waals surface area contributed by atoms with Gasteiger partial charge in [-0.25, -0.2) is 4.98 Å². The van der Waals surface area contributed by atoms with Crippen LogP contribution in [0.1, 0.15) is 46.4 Å². The van der Waals surface area contributed by atoms with Crippen molar-refractivity contribution < 1.29 is 9.32 Å². The molecule has 1 aliphatic heterocycles. The van der Waals surface area contributed by atoms with Crippen LogP contribution in [0.5, 0.6) is 0 Å². The quantitative estimate of drug-likeness (QED) is 0.713. The maximum atomic E-state index is 12.7. The van der Waals surface area contributed by atoms with Crippen molar-refractivity contribution in [3.8, 4) is 11.1 Å². The molecular weight excluding hydrogens is 342 g/mol. The fourth-order valence-electron chi connectivity index (χ4n) is 3.78. The number of imidazole rings is 1. The number of aryl methyl sites for hydroxylation is 3. The molecule has 7 heteroatoms. The third-order valence-corrected chi connectivity index (χ3v) is 5.16. The molecule has 7 nitrogen and oxygen atoms in total. The Labute approximate surface area is 158 Å². The Kier molecular flexibility index (Phi) is 4.51. The lowest BCUT2D eigenvalue weighted by molar-refractivity contribution is 0.0700. The van der Waals surface area contributed by atoms with Crippen LogP contribution in [0, 0.1) is 13.8 Å². The summed E-state index contributed by atoms with van der Waals surface area (Å²) in [6, 6.07) is 4.12. The van der Waals surface area contributed by atoms with Crippen molar-refractivity contribution in [2.75, 3.05) is 13.1 Å².